The number of nitrogens with two attached hydrogens (primary N) is 1. The number of benzene rings is 2. The van der Waals surface area contributed by atoms with Crippen LogP contribution in [0.5, 0.6) is 17.5 Å². The zero-order valence-corrected chi connectivity index (χ0v) is 11.8. The SMILES string of the molecule is CNC(=O)Oc1nc2ccc(Oc3ccc(N)cc3)cc2[nH]1. The molecule has 0 atom stereocenters. The van der Waals surface area contributed by atoms with Gasteiger partial charge in [-0.1, -0.05) is 0 Å². The molecule has 0 saturated heterocycles. The zero-order chi connectivity index (χ0) is 15.5. The van der Waals surface area contributed by atoms with Crippen LogP contribution in [-0.2, 0) is 0 Å². The molecular weight excluding hydrogens is 284 g/mol. The van der Waals surface area contributed by atoms with Gasteiger partial charge < -0.3 is 25.5 Å². The number of H-pyrrole nitrogens is 1. The van der Waals surface area contributed by atoms with Crippen LogP contribution in [0.3, 0.4) is 0 Å². The minimum absolute atomic E-state index is 0.124. The minimum Gasteiger partial charge on any atom is -0.457 e. The van der Waals surface area contributed by atoms with Crippen molar-refractivity contribution in [1.82, 2.24) is 15.3 Å². The lowest BCUT2D eigenvalue weighted by atomic mass is 10.3. The molecule has 2 aromatic carbocycles. The predicted molar refractivity (Wildman–Crippen MR) is 82.1 cm³/mol. The standard InChI is InChI=1S/C15H14N4O3/c1-17-15(20)22-14-18-12-7-6-11(8-13(12)19-14)21-10-4-2-9(16)3-5-10/h2-8H,16H2,1H3,(H,17,20)(H,18,19). The van der Waals surface area contributed by atoms with Crippen molar-refractivity contribution in [3.63, 3.8) is 0 Å². The lowest BCUT2D eigenvalue weighted by molar-refractivity contribution is 0.199. The number of anilines is 1. The Morgan fingerprint density at radius 3 is 2.64 bits per heavy atom. The lowest BCUT2D eigenvalue weighted by Gasteiger charge is -2.05. The maximum absolute atomic E-state index is 11.2. The molecule has 0 aliphatic heterocycles. The molecule has 0 aliphatic carbocycles. The van der Waals surface area contributed by atoms with Crippen LogP contribution in [0.2, 0.25) is 0 Å². The molecule has 0 saturated carbocycles. The monoisotopic (exact) mass is 298 g/mol. The van der Waals surface area contributed by atoms with Gasteiger partial charge in [-0.2, -0.15) is 4.98 Å². The molecule has 0 bridgehead atoms. The Kier molecular flexibility index (Phi) is 3.53. The van der Waals surface area contributed by atoms with Crippen LogP contribution in [0.15, 0.2) is 42.5 Å². The van der Waals surface area contributed by atoms with E-state index in [0.29, 0.717) is 28.2 Å². The van der Waals surface area contributed by atoms with Crippen molar-refractivity contribution < 1.29 is 14.3 Å². The minimum atomic E-state index is -0.586. The van der Waals surface area contributed by atoms with Crippen molar-refractivity contribution >= 4 is 22.8 Å². The first kappa shape index (κ1) is 13.7. The summed E-state index contributed by atoms with van der Waals surface area (Å²) in [5.74, 6) is 1.31. The Labute approximate surface area is 126 Å². The molecule has 4 N–H and O–H groups in total. The van der Waals surface area contributed by atoms with Gasteiger partial charge in [-0.05, 0) is 36.4 Å². The Morgan fingerprint density at radius 1 is 1.18 bits per heavy atom. The van der Waals surface area contributed by atoms with E-state index in [-0.39, 0.29) is 6.01 Å². The molecule has 0 fully saturated rings. The van der Waals surface area contributed by atoms with E-state index < -0.39 is 6.09 Å². The van der Waals surface area contributed by atoms with Gasteiger partial charge >= 0.3 is 12.1 Å². The largest absolute Gasteiger partial charge is 0.457 e. The molecule has 1 aromatic heterocycles. The number of amides is 1. The molecule has 0 unspecified atom stereocenters. The Balaban J connectivity index is 1.83. The first-order valence-electron chi connectivity index (χ1n) is 6.57. The summed E-state index contributed by atoms with van der Waals surface area (Å²) in [4.78, 5) is 18.2. The smallest absolute Gasteiger partial charge is 0.414 e. The maximum atomic E-state index is 11.2. The number of ether oxygens (including phenoxy) is 2. The van der Waals surface area contributed by atoms with Crippen LogP contribution in [0, 0.1) is 0 Å². The fourth-order valence-corrected chi connectivity index (χ4v) is 1.89. The number of rotatable bonds is 3. The van der Waals surface area contributed by atoms with Gasteiger partial charge in [-0.3, -0.25) is 0 Å². The fraction of sp³-hybridized carbons (Fsp3) is 0.0667. The summed E-state index contributed by atoms with van der Waals surface area (Å²) in [5, 5.41) is 2.35. The number of aromatic nitrogens is 2. The summed E-state index contributed by atoms with van der Waals surface area (Å²) in [6.07, 6.45) is -0.586. The van der Waals surface area contributed by atoms with Crippen molar-refractivity contribution in [2.75, 3.05) is 12.8 Å². The van der Waals surface area contributed by atoms with E-state index in [2.05, 4.69) is 15.3 Å². The predicted octanol–water partition coefficient (Wildman–Crippen LogP) is 2.66. The normalized spacial score (nSPS) is 10.4. The third-order valence-electron chi connectivity index (χ3n) is 2.94. The third-order valence-corrected chi connectivity index (χ3v) is 2.94. The highest BCUT2D eigenvalue weighted by atomic mass is 16.6. The molecule has 0 radical (unpaired) electrons. The van der Waals surface area contributed by atoms with Crippen molar-refractivity contribution in [2.24, 2.45) is 0 Å². The lowest BCUT2D eigenvalue weighted by Crippen LogP contribution is -2.22. The molecule has 1 amide bonds. The molecule has 3 rings (SSSR count). The summed E-state index contributed by atoms with van der Waals surface area (Å²) >= 11 is 0. The van der Waals surface area contributed by atoms with Crippen LogP contribution >= 0.6 is 0 Å². The highest BCUT2D eigenvalue weighted by Gasteiger charge is 2.08. The molecule has 0 aliphatic rings. The number of aromatic amines is 1. The number of nitrogens with zero attached hydrogens (tertiary/aromatic N) is 1. The topological polar surface area (TPSA) is 102 Å². The van der Waals surface area contributed by atoms with Crippen LogP contribution in [0.4, 0.5) is 10.5 Å². The molecular formula is C15H14N4O3. The number of imidazole rings is 1. The molecule has 7 heteroatoms. The van der Waals surface area contributed by atoms with Gasteiger partial charge in [0.2, 0.25) is 0 Å². The van der Waals surface area contributed by atoms with E-state index in [4.69, 9.17) is 15.2 Å². The second-order valence-electron chi connectivity index (χ2n) is 4.53. The third kappa shape index (κ3) is 2.93. The molecule has 22 heavy (non-hydrogen) atoms. The number of carbonyl (C=O) groups excluding carboxylic acids is 1. The second kappa shape index (κ2) is 5.65. The van der Waals surface area contributed by atoms with Crippen LogP contribution in [0.1, 0.15) is 0 Å². The van der Waals surface area contributed by atoms with E-state index in [1.165, 1.54) is 7.05 Å². The van der Waals surface area contributed by atoms with Crippen molar-refractivity contribution in [3.05, 3.63) is 42.5 Å². The Morgan fingerprint density at radius 2 is 1.91 bits per heavy atom. The number of nitrogen functional groups attached to an aromatic ring is 1. The van der Waals surface area contributed by atoms with Crippen molar-refractivity contribution in [2.45, 2.75) is 0 Å². The number of nitrogens with one attached hydrogen (secondary N) is 2. The summed E-state index contributed by atoms with van der Waals surface area (Å²) in [7, 11) is 1.48. The van der Waals surface area contributed by atoms with Gasteiger partial charge in [0.1, 0.15) is 11.5 Å². The van der Waals surface area contributed by atoms with E-state index in [9.17, 15) is 4.79 Å². The summed E-state index contributed by atoms with van der Waals surface area (Å²) in [6.45, 7) is 0. The average molecular weight is 298 g/mol. The van der Waals surface area contributed by atoms with Crippen LogP contribution in [-0.4, -0.2) is 23.1 Å². The molecule has 0 spiro atoms. The number of hydrogen-bond donors (Lipinski definition) is 3. The number of carbonyl (C=O) groups is 1. The zero-order valence-electron chi connectivity index (χ0n) is 11.8. The highest BCUT2D eigenvalue weighted by molar-refractivity contribution is 5.78. The number of hydrogen-bond acceptors (Lipinski definition) is 5. The van der Waals surface area contributed by atoms with Gasteiger partial charge in [0.05, 0.1) is 11.0 Å². The number of fused-ring (bicyclic) bond motifs is 1. The second-order valence-corrected chi connectivity index (χ2v) is 4.53. The Hall–Kier alpha value is -3.22. The van der Waals surface area contributed by atoms with Crippen molar-refractivity contribution in [1.29, 1.82) is 0 Å². The van der Waals surface area contributed by atoms with E-state index >= 15 is 0 Å². The van der Waals surface area contributed by atoms with Crippen LogP contribution < -0.4 is 20.5 Å². The first-order chi connectivity index (χ1) is 10.6. The van der Waals surface area contributed by atoms with E-state index in [1.807, 2.05) is 0 Å². The average Bonchev–Trinajstić information content (AvgIpc) is 2.91. The quantitative estimate of drug-likeness (QED) is 0.645. The van der Waals surface area contributed by atoms with Gasteiger partial charge in [-0.15, -0.1) is 0 Å². The summed E-state index contributed by atoms with van der Waals surface area (Å²) in [6, 6.07) is 12.5. The summed E-state index contributed by atoms with van der Waals surface area (Å²) < 4.78 is 10.7. The van der Waals surface area contributed by atoms with E-state index in [1.54, 1.807) is 42.5 Å². The van der Waals surface area contributed by atoms with Crippen LogP contribution in [0.25, 0.3) is 11.0 Å². The first-order valence-corrected chi connectivity index (χ1v) is 6.57. The molecule has 1 heterocycles. The van der Waals surface area contributed by atoms with Gasteiger partial charge in [0, 0.05) is 18.8 Å². The fourth-order valence-electron chi connectivity index (χ4n) is 1.89. The summed E-state index contributed by atoms with van der Waals surface area (Å²) in [5.41, 5.74) is 7.68. The maximum Gasteiger partial charge on any atom is 0.414 e. The van der Waals surface area contributed by atoms with Gasteiger partial charge in [-0.25, -0.2) is 4.79 Å². The van der Waals surface area contributed by atoms with Crippen molar-refractivity contribution in [3.8, 4) is 17.5 Å². The van der Waals surface area contributed by atoms with Gasteiger partial charge in [0.15, 0.2) is 0 Å². The molecule has 3 aromatic rings. The Bertz CT molecular complexity index is 811. The molecule has 7 nitrogen and oxygen atoms in total. The molecule has 112 valence electrons. The highest BCUT2D eigenvalue weighted by Crippen LogP contribution is 2.26. The van der Waals surface area contributed by atoms with Gasteiger partial charge in [0.25, 0.3) is 0 Å². The van der Waals surface area contributed by atoms with E-state index in [0.717, 1.165) is 0 Å².